The van der Waals surface area contributed by atoms with Gasteiger partial charge in [-0.15, -0.1) is 0 Å². The van der Waals surface area contributed by atoms with E-state index >= 15 is 4.39 Å². The molecular formula is C27H26ClFN6O4S. The topological polar surface area (TPSA) is 119 Å². The summed E-state index contributed by atoms with van der Waals surface area (Å²) in [6.45, 7) is 3.28. The Labute approximate surface area is 236 Å². The van der Waals surface area contributed by atoms with Gasteiger partial charge in [-0.05, 0) is 36.4 Å². The fourth-order valence-electron chi connectivity index (χ4n) is 4.13. The highest BCUT2D eigenvalue weighted by atomic mass is 35.5. The molecule has 0 bridgehead atoms. The molecule has 1 fully saturated rings. The highest BCUT2D eigenvalue weighted by Crippen LogP contribution is 2.34. The minimum atomic E-state index is -4.02. The first-order valence-electron chi connectivity index (χ1n) is 12.3. The maximum atomic E-state index is 15.0. The van der Waals surface area contributed by atoms with Crippen LogP contribution in [-0.4, -0.2) is 67.7 Å². The molecule has 0 saturated carbocycles. The molecule has 40 heavy (non-hydrogen) atoms. The summed E-state index contributed by atoms with van der Waals surface area (Å²) >= 11 is 6.02. The number of ether oxygens (including phenoxy) is 2. The van der Waals surface area contributed by atoms with Gasteiger partial charge < -0.3 is 14.8 Å². The van der Waals surface area contributed by atoms with Gasteiger partial charge in [0.1, 0.15) is 10.6 Å². The molecule has 1 aliphatic heterocycles. The highest BCUT2D eigenvalue weighted by Gasteiger charge is 2.26. The van der Waals surface area contributed by atoms with E-state index in [1.807, 2.05) is 0 Å². The van der Waals surface area contributed by atoms with Crippen LogP contribution < -0.4 is 14.8 Å². The van der Waals surface area contributed by atoms with Crippen molar-refractivity contribution in [3.05, 3.63) is 84.0 Å². The zero-order valence-corrected chi connectivity index (χ0v) is 23.0. The van der Waals surface area contributed by atoms with E-state index in [0.29, 0.717) is 29.6 Å². The van der Waals surface area contributed by atoms with Crippen molar-refractivity contribution in [1.29, 1.82) is 0 Å². The molecule has 1 saturated heterocycles. The number of aromatic nitrogens is 3. The van der Waals surface area contributed by atoms with E-state index in [4.69, 9.17) is 21.1 Å². The fourth-order valence-corrected chi connectivity index (χ4v) is 5.70. The van der Waals surface area contributed by atoms with Crippen molar-refractivity contribution in [2.24, 2.45) is 0 Å². The molecule has 2 N–H and O–H groups in total. The van der Waals surface area contributed by atoms with Crippen molar-refractivity contribution in [2.45, 2.75) is 10.9 Å². The molecule has 0 amide bonds. The first kappa shape index (κ1) is 27.7. The highest BCUT2D eigenvalue weighted by molar-refractivity contribution is 7.92. The van der Waals surface area contributed by atoms with Crippen LogP contribution in [0.15, 0.2) is 78.1 Å². The van der Waals surface area contributed by atoms with Crippen LogP contribution in [0.3, 0.4) is 0 Å². The number of hydrogen-bond donors (Lipinski definition) is 2. The van der Waals surface area contributed by atoms with Crippen LogP contribution in [0, 0.1) is 5.82 Å². The Kier molecular flexibility index (Phi) is 8.40. The quantitative estimate of drug-likeness (QED) is 0.259. The Hall–Kier alpha value is -3.84. The van der Waals surface area contributed by atoms with E-state index in [1.54, 1.807) is 43.8 Å². The zero-order valence-electron chi connectivity index (χ0n) is 21.4. The molecule has 0 atom stereocenters. The number of nitrogens with zero attached hydrogens (tertiary/aromatic N) is 4. The summed E-state index contributed by atoms with van der Waals surface area (Å²) in [6.07, 6.45) is 4.72. The molecule has 5 rings (SSSR count). The molecule has 0 radical (unpaired) electrons. The standard InChI is InChI=1S/C27H26ClFN6O4S/c1-38-13-12-35-16-19(17-35)32-27-31-11-8-23(33-27)20-15-30-10-9-24(20)39-25-7-6-18(14-22(25)29)34-40(36,37)26-5-3-2-4-21(26)28/h2-11,14-15,19,34H,12-13,16-17H2,1H3,(H,31,32,33). The lowest BCUT2D eigenvalue weighted by Crippen LogP contribution is -2.55. The number of likely N-dealkylation sites (tertiary alicyclic amines) is 1. The minimum Gasteiger partial charge on any atom is -0.453 e. The minimum absolute atomic E-state index is 0.0167. The molecular weight excluding hydrogens is 559 g/mol. The molecule has 3 heterocycles. The lowest BCUT2D eigenvalue weighted by molar-refractivity contribution is 0.102. The number of benzene rings is 2. The van der Waals surface area contributed by atoms with Crippen molar-refractivity contribution in [1.82, 2.24) is 19.9 Å². The molecule has 4 aromatic rings. The number of hydrogen-bond acceptors (Lipinski definition) is 9. The zero-order chi connectivity index (χ0) is 28.1. The van der Waals surface area contributed by atoms with Gasteiger partial charge in [-0.3, -0.25) is 14.6 Å². The summed E-state index contributed by atoms with van der Waals surface area (Å²) in [6, 6.07) is 13.3. The van der Waals surface area contributed by atoms with Gasteiger partial charge in [-0.1, -0.05) is 23.7 Å². The van der Waals surface area contributed by atoms with Gasteiger partial charge in [0, 0.05) is 51.4 Å². The second kappa shape index (κ2) is 12.1. The summed E-state index contributed by atoms with van der Waals surface area (Å²) in [4.78, 5) is 15.2. The number of methoxy groups -OCH3 is 1. The van der Waals surface area contributed by atoms with Crippen LogP contribution in [0.2, 0.25) is 5.02 Å². The molecule has 0 unspecified atom stereocenters. The van der Waals surface area contributed by atoms with Crippen LogP contribution in [0.25, 0.3) is 11.3 Å². The van der Waals surface area contributed by atoms with Gasteiger partial charge in [-0.25, -0.2) is 22.8 Å². The fraction of sp³-hybridized carbons (Fsp3) is 0.222. The number of sulfonamides is 1. The van der Waals surface area contributed by atoms with Crippen LogP contribution in [0.4, 0.5) is 16.0 Å². The van der Waals surface area contributed by atoms with Crippen molar-refractivity contribution in [2.75, 3.05) is 43.4 Å². The van der Waals surface area contributed by atoms with Crippen LogP contribution >= 0.6 is 11.6 Å². The van der Waals surface area contributed by atoms with Gasteiger partial charge in [0.25, 0.3) is 10.0 Å². The Balaban J connectivity index is 1.30. The maximum absolute atomic E-state index is 15.0. The van der Waals surface area contributed by atoms with Crippen molar-refractivity contribution >= 4 is 33.3 Å². The number of pyridine rings is 1. The maximum Gasteiger partial charge on any atom is 0.263 e. The molecule has 0 spiro atoms. The summed E-state index contributed by atoms with van der Waals surface area (Å²) < 4.78 is 53.8. The average molecular weight is 585 g/mol. The Morgan fingerprint density at radius 1 is 1.10 bits per heavy atom. The normalized spacial score (nSPS) is 14.0. The predicted molar refractivity (Wildman–Crippen MR) is 150 cm³/mol. The molecule has 2 aromatic heterocycles. The third kappa shape index (κ3) is 6.48. The number of rotatable bonds is 11. The van der Waals surface area contributed by atoms with Gasteiger partial charge in [0.15, 0.2) is 11.6 Å². The van der Waals surface area contributed by atoms with Gasteiger partial charge >= 0.3 is 0 Å². The average Bonchev–Trinajstić information content (AvgIpc) is 2.92. The van der Waals surface area contributed by atoms with E-state index < -0.39 is 15.8 Å². The van der Waals surface area contributed by atoms with Crippen LogP contribution in [0.1, 0.15) is 0 Å². The Bertz CT molecular complexity index is 1600. The Morgan fingerprint density at radius 3 is 2.70 bits per heavy atom. The molecule has 0 aliphatic carbocycles. The van der Waals surface area contributed by atoms with E-state index in [-0.39, 0.29) is 27.4 Å². The van der Waals surface area contributed by atoms with Crippen molar-refractivity contribution in [3.8, 4) is 22.8 Å². The predicted octanol–water partition coefficient (Wildman–Crippen LogP) is 4.67. The summed E-state index contributed by atoms with van der Waals surface area (Å²) in [7, 11) is -2.34. The second-order valence-corrected chi connectivity index (χ2v) is 11.1. The molecule has 208 valence electrons. The van der Waals surface area contributed by atoms with Gasteiger partial charge in [0.05, 0.1) is 34.6 Å². The summed E-state index contributed by atoms with van der Waals surface area (Å²) in [5, 5.41) is 3.38. The lowest BCUT2D eigenvalue weighted by atomic mass is 10.1. The van der Waals surface area contributed by atoms with Gasteiger partial charge in [-0.2, -0.15) is 0 Å². The number of anilines is 2. The summed E-state index contributed by atoms with van der Waals surface area (Å²) in [5.41, 5.74) is 1.09. The van der Waals surface area contributed by atoms with Crippen molar-refractivity contribution < 1.29 is 22.3 Å². The Morgan fingerprint density at radius 2 is 1.93 bits per heavy atom. The van der Waals surface area contributed by atoms with E-state index in [2.05, 4.69) is 29.9 Å². The molecule has 1 aliphatic rings. The smallest absolute Gasteiger partial charge is 0.263 e. The SMILES string of the molecule is COCCN1CC(Nc2nccc(-c3cnccc3Oc3ccc(NS(=O)(=O)c4ccccc4Cl)cc3F)n2)C1. The van der Waals surface area contributed by atoms with Crippen molar-refractivity contribution in [3.63, 3.8) is 0 Å². The lowest BCUT2D eigenvalue weighted by Gasteiger charge is -2.39. The van der Waals surface area contributed by atoms with E-state index in [9.17, 15) is 8.42 Å². The third-order valence-corrected chi connectivity index (χ3v) is 8.03. The second-order valence-electron chi connectivity index (χ2n) is 9.01. The largest absolute Gasteiger partial charge is 0.453 e. The first-order valence-corrected chi connectivity index (χ1v) is 14.2. The molecule has 10 nitrogen and oxygen atoms in total. The molecule has 13 heteroatoms. The monoisotopic (exact) mass is 584 g/mol. The number of nitrogens with one attached hydrogen (secondary N) is 2. The van der Waals surface area contributed by atoms with Gasteiger partial charge in [0.2, 0.25) is 5.95 Å². The first-order chi connectivity index (χ1) is 19.3. The van der Waals surface area contributed by atoms with E-state index in [1.165, 1.54) is 30.5 Å². The third-order valence-electron chi connectivity index (χ3n) is 6.14. The molecule has 2 aromatic carbocycles. The van der Waals surface area contributed by atoms with E-state index in [0.717, 1.165) is 25.7 Å². The number of halogens is 2. The van der Waals surface area contributed by atoms with Crippen LogP contribution in [0.5, 0.6) is 11.5 Å². The van der Waals surface area contributed by atoms with Crippen LogP contribution in [-0.2, 0) is 14.8 Å². The summed E-state index contributed by atoms with van der Waals surface area (Å²) in [5.74, 6) is -0.0938.